The van der Waals surface area contributed by atoms with Gasteiger partial charge in [0.2, 0.25) is 0 Å². The van der Waals surface area contributed by atoms with Crippen LogP contribution in [0.2, 0.25) is 0 Å². The summed E-state index contributed by atoms with van der Waals surface area (Å²) in [5.74, 6) is 0. The molecule has 20 heavy (non-hydrogen) atoms. The maximum atomic E-state index is 12.3. The minimum Gasteiger partial charge on any atom is -0.330 e. The lowest BCUT2D eigenvalue weighted by Gasteiger charge is -2.08. The van der Waals surface area contributed by atoms with E-state index in [1.165, 1.54) is 21.4 Å². The molecule has 0 amide bonds. The number of nitrogens with zero attached hydrogens (tertiary/aromatic N) is 3. The zero-order valence-electron chi connectivity index (χ0n) is 11.6. The van der Waals surface area contributed by atoms with E-state index in [-0.39, 0.29) is 11.2 Å². The summed E-state index contributed by atoms with van der Waals surface area (Å²) in [6, 6.07) is 1.41. The van der Waals surface area contributed by atoms with Crippen LogP contribution in [0.5, 0.6) is 0 Å². The number of hydrogen-bond donors (Lipinski definition) is 1. The zero-order valence-corrected chi connectivity index (χ0v) is 12.4. The summed E-state index contributed by atoms with van der Waals surface area (Å²) < 4.78 is 2.73. The minimum absolute atomic E-state index is 0.286. The molecule has 0 aliphatic carbocycles. The molecular weight excluding hydrogens is 276 g/mol. The van der Waals surface area contributed by atoms with Crippen molar-refractivity contribution in [3.63, 3.8) is 0 Å². The third kappa shape index (κ3) is 3.05. The predicted octanol–water partition coefficient (Wildman–Crippen LogP) is 0.480. The molecule has 0 aromatic carbocycles. The van der Waals surface area contributed by atoms with Gasteiger partial charge in [0.05, 0.1) is 12.2 Å². The van der Waals surface area contributed by atoms with E-state index in [1.807, 2.05) is 13.8 Å². The Morgan fingerprint density at radius 3 is 2.70 bits per heavy atom. The second kappa shape index (κ2) is 6.15. The summed E-state index contributed by atoms with van der Waals surface area (Å²) in [6.45, 7) is 5.14. The van der Waals surface area contributed by atoms with Crippen LogP contribution in [0.3, 0.4) is 0 Å². The van der Waals surface area contributed by atoms with Crippen molar-refractivity contribution in [2.45, 2.75) is 33.4 Å². The molecular formula is C13H18N4O2S. The van der Waals surface area contributed by atoms with E-state index in [4.69, 9.17) is 5.73 Å². The van der Waals surface area contributed by atoms with Crippen LogP contribution in [0, 0.1) is 13.8 Å². The lowest BCUT2D eigenvalue weighted by Crippen LogP contribution is -2.39. The summed E-state index contributed by atoms with van der Waals surface area (Å²) in [5.41, 5.74) is 5.81. The summed E-state index contributed by atoms with van der Waals surface area (Å²) >= 11 is 1.57. The maximum Gasteiger partial charge on any atom is 0.331 e. The molecule has 2 heterocycles. The Bertz CT molecular complexity index is 694. The summed E-state index contributed by atoms with van der Waals surface area (Å²) in [4.78, 5) is 29.5. The third-order valence-corrected chi connectivity index (χ3v) is 4.16. The molecule has 2 N–H and O–H groups in total. The van der Waals surface area contributed by atoms with Crippen LogP contribution in [0.15, 0.2) is 21.9 Å². The Balaban J connectivity index is 2.33. The number of rotatable bonds is 5. The number of aromatic nitrogens is 3. The van der Waals surface area contributed by atoms with Crippen molar-refractivity contribution in [3.8, 4) is 0 Å². The fourth-order valence-corrected chi connectivity index (χ4v) is 2.82. The molecule has 0 unspecified atom stereocenters. The SMILES string of the molecule is Cc1nc(Cn2ccc(=O)n(CCCN)c2=O)sc1C. The molecule has 108 valence electrons. The van der Waals surface area contributed by atoms with E-state index < -0.39 is 0 Å². The van der Waals surface area contributed by atoms with Gasteiger partial charge in [-0.25, -0.2) is 9.78 Å². The molecule has 0 spiro atoms. The maximum absolute atomic E-state index is 12.3. The van der Waals surface area contributed by atoms with E-state index in [2.05, 4.69) is 4.98 Å². The van der Waals surface area contributed by atoms with Gasteiger partial charge in [0.1, 0.15) is 5.01 Å². The Kier molecular flexibility index (Phi) is 4.51. The van der Waals surface area contributed by atoms with Gasteiger partial charge in [-0.3, -0.25) is 13.9 Å². The van der Waals surface area contributed by atoms with E-state index in [1.54, 1.807) is 11.3 Å². The summed E-state index contributed by atoms with van der Waals surface area (Å²) in [7, 11) is 0. The first-order valence-electron chi connectivity index (χ1n) is 6.46. The smallest absolute Gasteiger partial charge is 0.330 e. The molecule has 0 aliphatic rings. The van der Waals surface area contributed by atoms with Crippen molar-refractivity contribution in [2.75, 3.05) is 6.54 Å². The van der Waals surface area contributed by atoms with Gasteiger partial charge in [-0.15, -0.1) is 11.3 Å². The first kappa shape index (κ1) is 14.7. The largest absolute Gasteiger partial charge is 0.331 e. The Morgan fingerprint density at radius 1 is 1.35 bits per heavy atom. The first-order chi connectivity index (χ1) is 9.52. The van der Waals surface area contributed by atoms with Crippen molar-refractivity contribution >= 4 is 11.3 Å². The molecule has 0 aliphatic heterocycles. The molecule has 2 aromatic heterocycles. The molecule has 0 atom stereocenters. The summed E-state index contributed by atoms with van der Waals surface area (Å²) in [5, 5.41) is 0.867. The van der Waals surface area contributed by atoms with E-state index in [0.717, 1.165) is 15.6 Å². The molecule has 2 aromatic rings. The van der Waals surface area contributed by atoms with Gasteiger partial charge in [-0.2, -0.15) is 0 Å². The van der Waals surface area contributed by atoms with Crippen molar-refractivity contribution < 1.29 is 0 Å². The van der Waals surface area contributed by atoms with Crippen LogP contribution < -0.4 is 17.0 Å². The topological polar surface area (TPSA) is 82.9 Å². The van der Waals surface area contributed by atoms with Gasteiger partial charge < -0.3 is 5.73 Å². The quantitative estimate of drug-likeness (QED) is 0.869. The highest BCUT2D eigenvalue weighted by Crippen LogP contribution is 2.16. The zero-order chi connectivity index (χ0) is 14.7. The van der Waals surface area contributed by atoms with Gasteiger partial charge in [0.25, 0.3) is 5.56 Å². The molecule has 0 saturated carbocycles. The molecule has 0 bridgehead atoms. The highest BCUT2D eigenvalue weighted by atomic mass is 32.1. The molecule has 0 fully saturated rings. The van der Waals surface area contributed by atoms with Crippen LogP contribution in [-0.2, 0) is 13.1 Å². The second-order valence-corrected chi connectivity index (χ2v) is 5.90. The first-order valence-corrected chi connectivity index (χ1v) is 7.28. The van der Waals surface area contributed by atoms with E-state index in [9.17, 15) is 9.59 Å². The number of thiazole rings is 1. The lowest BCUT2D eigenvalue weighted by atomic mass is 10.4. The number of hydrogen-bond acceptors (Lipinski definition) is 5. The Morgan fingerprint density at radius 2 is 2.10 bits per heavy atom. The normalized spacial score (nSPS) is 10.9. The fourth-order valence-electron chi connectivity index (χ4n) is 1.88. The van der Waals surface area contributed by atoms with Crippen molar-refractivity contribution in [1.82, 2.24) is 14.1 Å². The van der Waals surface area contributed by atoms with Gasteiger partial charge in [-0.05, 0) is 26.8 Å². The second-order valence-electron chi connectivity index (χ2n) is 4.61. The Labute approximate surface area is 120 Å². The fraction of sp³-hybridized carbons (Fsp3) is 0.462. The highest BCUT2D eigenvalue weighted by molar-refractivity contribution is 7.11. The molecule has 0 saturated heterocycles. The van der Waals surface area contributed by atoms with Crippen molar-refractivity contribution in [3.05, 3.63) is 48.7 Å². The van der Waals surface area contributed by atoms with Crippen LogP contribution in [0.25, 0.3) is 0 Å². The van der Waals surface area contributed by atoms with Gasteiger partial charge >= 0.3 is 5.69 Å². The van der Waals surface area contributed by atoms with Crippen LogP contribution in [0.1, 0.15) is 22.0 Å². The predicted molar refractivity (Wildman–Crippen MR) is 79.3 cm³/mol. The molecule has 7 heteroatoms. The van der Waals surface area contributed by atoms with Crippen LogP contribution in [0.4, 0.5) is 0 Å². The van der Waals surface area contributed by atoms with Crippen molar-refractivity contribution in [2.24, 2.45) is 5.73 Å². The van der Waals surface area contributed by atoms with Gasteiger partial charge in [0.15, 0.2) is 0 Å². The van der Waals surface area contributed by atoms with Gasteiger partial charge in [0, 0.05) is 23.7 Å². The van der Waals surface area contributed by atoms with E-state index in [0.29, 0.717) is 26.1 Å². The van der Waals surface area contributed by atoms with Crippen LogP contribution in [-0.4, -0.2) is 20.7 Å². The average Bonchev–Trinajstić information content (AvgIpc) is 2.72. The molecule has 2 rings (SSSR count). The number of nitrogens with two attached hydrogens (primary N) is 1. The Hall–Kier alpha value is -1.73. The average molecular weight is 294 g/mol. The van der Waals surface area contributed by atoms with Crippen LogP contribution >= 0.6 is 11.3 Å². The lowest BCUT2D eigenvalue weighted by molar-refractivity contribution is 0.554. The third-order valence-electron chi connectivity index (χ3n) is 3.10. The summed E-state index contributed by atoms with van der Waals surface area (Å²) in [6.07, 6.45) is 2.13. The highest BCUT2D eigenvalue weighted by Gasteiger charge is 2.08. The molecule has 6 nitrogen and oxygen atoms in total. The number of aryl methyl sites for hydroxylation is 2. The van der Waals surface area contributed by atoms with Gasteiger partial charge in [-0.1, -0.05) is 0 Å². The standard InChI is InChI=1S/C13H18N4O2S/c1-9-10(2)20-11(15-9)8-16-7-4-12(18)17(13(16)19)6-3-5-14/h4,7H,3,5-6,8,14H2,1-2H3. The van der Waals surface area contributed by atoms with Crippen molar-refractivity contribution in [1.29, 1.82) is 0 Å². The molecule has 0 radical (unpaired) electrons. The monoisotopic (exact) mass is 294 g/mol. The van der Waals surface area contributed by atoms with E-state index >= 15 is 0 Å². The minimum atomic E-state index is -0.309.